The Morgan fingerprint density at radius 2 is 1.89 bits per heavy atom. The number of ether oxygens (including phenoxy) is 1. The molecule has 2 saturated heterocycles. The van der Waals surface area contributed by atoms with Crippen LogP contribution in [-0.4, -0.2) is 73.2 Å². The third kappa shape index (κ3) is 6.01. The van der Waals surface area contributed by atoms with Crippen molar-refractivity contribution < 1.29 is 9.53 Å². The molecule has 1 spiro atoms. The first kappa shape index (κ1) is 27.4. The quantitative estimate of drug-likeness (QED) is 0.295. The second kappa shape index (κ2) is 12.3. The van der Waals surface area contributed by atoms with Crippen LogP contribution < -0.4 is 5.32 Å². The SMILES string of the molecule is CCN(CC)C(=O)c1ccc(-c2cc(NCCCN3CCC4(CCOCC4)CC3)c3sccc3n2)cc1Cl. The summed E-state index contributed by atoms with van der Waals surface area (Å²) in [5.74, 6) is -0.0354. The summed E-state index contributed by atoms with van der Waals surface area (Å²) in [5.41, 5.74) is 4.95. The van der Waals surface area contributed by atoms with E-state index in [4.69, 9.17) is 21.3 Å². The number of carbonyl (C=O) groups is 1. The molecule has 6 nitrogen and oxygen atoms in total. The van der Waals surface area contributed by atoms with Crippen LogP contribution in [-0.2, 0) is 4.74 Å². The smallest absolute Gasteiger partial charge is 0.255 e. The molecule has 2 aromatic heterocycles. The molecule has 2 fully saturated rings. The van der Waals surface area contributed by atoms with E-state index in [-0.39, 0.29) is 5.91 Å². The van der Waals surface area contributed by atoms with E-state index in [1.165, 1.54) is 43.5 Å². The first-order chi connectivity index (χ1) is 18.5. The molecule has 5 rings (SSSR count). The fourth-order valence-corrected chi connectivity index (χ4v) is 6.93. The van der Waals surface area contributed by atoms with E-state index < -0.39 is 0 Å². The van der Waals surface area contributed by atoms with Gasteiger partial charge in [0.2, 0.25) is 0 Å². The lowest BCUT2D eigenvalue weighted by Crippen LogP contribution is -2.43. The van der Waals surface area contributed by atoms with Crippen molar-refractivity contribution in [2.75, 3.05) is 57.8 Å². The fourth-order valence-electron chi connectivity index (χ4n) is 5.85. The fraction of sp³-hybridized carbons (Fsp3) is 0.533. The number of hydrogen-bond acceptors (Lipinski definition) is 6. The van der Waals surface area contributed by atoms with Gasteiger partial charge in [-0.1, -0.05) is 17.7 Å². The lowest BCUT2D eigenvalue weighted by molar-refractivity contribution is -0.0204. The summed E-state index contributed by atoms with van der Waals surface area (Å²) in [6, 6.07) is 9.83. The van der Waals surface area contributed by atoms with E-state index in [0.29, 0.717) is 29.1 Å². The maximum absolute atomic E-state index is 12.8. The second-order valence-electron chi connectivity index (χ2n) is 10.6. The van der Waals surface area contributed by atoms with Gasteiger partial charge in [-0.05, 0) is 101 Å². The maximum atomic E-state index is 12.8. The number of benzene rings is 1. The molecule has 2 aliphatic rings. The van der Waals surface area contributed by atoms with E-state index in [0.717, 1.165) is 55.2 Å². The first-order valence-electron chi connectivity index (χ1n) is 14.0. The van der Waals surface area contributed by atoms with Gasteiger partial charge in [0, 0.05) is 38.4 Å². The molecule has 1 amide bonds. The van der Waals surface area contributed by atoms with Crippen LogP contribution in [0.25, 0.3) is 21.5 Å². The summed E-state index contributed by atoms with van der Waals surface area (Å²) in [7, 11) is 0. The van der Waals surface area contributed by atoms with Crippen LogP contribution in [0.5, 0.6) is 0 Å². The zero-order valence-electron chi connectivity index (χ0n) is 22.6. The number of pyridine rings is 1. The zero-order valence-corrected chi connectivity index (χ0v) is 24.2. The highest BCUT2D eigenvalue weighted by Crippen LogP contribution is 2.40. The topological polar surface area (TPSA) is 57.7 Å². The molecule has 38 heavy (non-hydrogen) atoms. The highest BCUT2D eigenvalue weighted by Gasteiger charge is 2.35. The van der Waals surface area contributed by atoms with Crippen LogP contribution in [0.4, 0.5) is 5.69 Å². The Kier molecular flexibility index (Phi) is 8.88. The number of likely N-dealkylation sites (tertiary alicyclic amines) is 1. The van der Waals surface area contributed by atoms with Crippen LogP contribution in [0.3, 0.4) is 0 Å². The minimum absolute atomic E-state index is 0.0354. The molecule has 0 radical (unpaired) electrons. The molecule has 204 valence electrons. The average Bonchev–Trinajstić information content (AvgIpc) is 3.42. The minimum Gasteiger partial charge on any atom is -0.384 e. The monoisotopic (exact) mass is 554 g/mol. The molecule has 1 N–H and O–H groups in total. The van der Waals surface area contributed by atoms with Gasteiger partial charge < -0.3 is 19.9 Å². The average molecular weight is 555 g/mol. The van der Waals surface area contributed by atoms with E-state index >= 15 is 0 Å². The van der Waals surface area contributed by atoms with Crippen LogP contribution >= 0.6 is 22.9 Å². The van der Waals surface area contributed by atoms with Crippen molar-refractivity contribution in [2.45, 2.75) is 46.0 Å². The highest BCUT2D eigenvalue weighted by molar-refractivity contribution is 7.17. The van der Waals surface area contributed by atoms with Gasteiger partial charge in [0.1, 0.15) is 0 Å². The Morgan fingerprint density at radius 3 is 2.61 bits per heavy atom. The van der Waals surface area contributed by atoms with E-state index in [1.54, 1.807) is 16.2 Å². The normalized spacial score (nSPS) is 17.7. The number of piperidine rings is 1. The van der Waals surface area contributed by atoms with Crippen molar-refractivity contribution in [2.24, 2.45) is 5.41 Å². The molecule has 8 heteroatoms. The summed E-state index contributed by atoms with van der Waals surface area (Å²) in [6.45, 7) is 11.6. The number of fused-ring (bicyclic) bond motifs is 1. The van der Waals surface area contributed by atoms with Crippen molar-refractivity contribution >= 4 is 44.7 Å². The summed E-state index contributed by atoms with van der Waals surface area (Å²) in [4.78, 5) is 22.1. The molecule has 3 aromatic rings. The lowest BCUT2D eigenvalue weighted by atomic mass is 9.72. The van der Waals surface area contributed by atoms with Crippen LogP contribution in [0.1, 0.15) is 56.3 Å². The van der Waals surface area contributed by atoms with Gasteiger partial charge in [-0.25, -0.2) is 4.98 Å². The molecular formula is C30H39ClN4O2S. The summed E-state index contributed by atoms with van der Waals surface area (Å²) >= 11 is 8.31. The van der Waals surface area contributed by atoms with E-state index in [2.05, 4.69) is 27.7 Å². The Labute approximate surface area is 235 Å². The summed E-state index contributed by atoms with van der Waals surface area (Å²) in [6.07, 6.45) is 6.21. The number of nitrogens with zero attached hydrogens (tertiary/aromatic N) is 3. The Balaban J connectivity index is 1.22. The van der Waals surface area contributed by atoms with Crippen molar-refractivity contribution in [3.8, 4) is 11.3 Å². The Hall–Kier alpha value is -2.19. The predicted molar refractivity (Wildman–Crippen MR) is 159 cm³/mol. The van der Waals surface area contributed by atoms with Crippen LogP contribution in [0.2, 0.25) is 5.02 Å². The molecule has 2 aliphatic heterocycles. The third-order valence-electron chi connectivity index (χ3n) is 8.39. The number of carbonyl (C=O) groups excluding carboxylic acids is 1. The van der Waals surface area contributed by atoms with Crippen molar-refractivity contribution in [1.29, 1.82) is 0 Å². The van der Waals surface area contributed by atoms with Gasteiger partial charge in [0.05, 0.1) is 32.2 Å². The van der Waals surface area contributed by atoms with Gasteiger partial charge >= 0.3 is 0 Å². The molecule has 0 bridgehead atoms. The number of anilines is 1. The number of hydrogen-bond donors (Lipinski definition) is 1. The molecule has 0 aliphatic carbocycles. The van der Waals surface area contributed by atoms with Crippen molar-refractivity contribution in [3.63, 3.8) is 0 Å². The van der Waals surface area contributed by atoms with Gasteiger partial charge in [-0.3, -0.25) is 4.79 Å². The maximum Gasteiger partial charge on any atom is 0.255 e. The van der Waals surface area contributed by atoms with Gasteiger partial charge in [-0.2, -0.15) is 0 Å². The molecule has 1 aromatic carbocycles. The number of aromatic nitrogens is 1. The molecule has 0 unspecified atom stereocenters. The van der Waals surface area contributed by atoms with Crippen LogP contribution in [0, 0.1) is 5.41 Å². The zero-order chi connectivity index (χ0) is 26.5. The van der Waals surface area contributed by atoms with Gasteiger partial charge in [0.15, 0.2) is 0 Å². The Morgan fingerprint density at radius 1 is 1.13 bits per heavy atom. The van der Waals surface area contributed by atoms with Gasteiger partial charge in [0.25, 0.3) is 5.91 Å². The minimum atomic E-state index is -0.0354. The number of rotatable bonds is 9. The Bertz CT molecular complexity index is 1240. The molecule has 0 saturated carbocycles. The van der Waals surface area contributed by atoms with E-state index in [1.807, 2.05) is 32.0 Å². The van der Waals surface area contributed by atoms with Crippen molar-refractivity contribution in [3.05, 3.63) is 46.3 Å². The van der Waals surface area contributed by atoms with Gasteiger partial charge in [-0.15, -0.1) is 11.3 Å². The number of nitrogens with one attached hydrogen (secondary N) is 1. The molecular weight excluding hydrogens is 516 g/mol. The standard InChI is InChI=1S/C30H39ClN4O2S/c1-3-35(4-2)29(36)23-7-6-22(20-24(23)31)26-21-27(28-25(33-26)8-19-38-28)32-13-5-14-34-15-9-30(10-16-34)11-17-37-18-12-30/h6-8,19-21H,3-5,9-18H2,1-2H3,(H,32,33). The largest absolute Gasteiger partial charge is 0.384 e. The van der Waals surface area contributed by atoms with E-state index in [9.17, 15) is 4.79 Å². The van der Waals surface area contributed by atoms with Crippen molar-refractivity contribution in [1.82, 2.24) is 14.8 Å². The summed E-state index contributed by atoms with van der Waals surface area (Å²) < 4.78 is 6.77. The molecule has 0 atom stereocenters. The lowest BCUT2D eigenvalue weighted by Gasteiger charge is -2.44. The predicted octanol–water partition coefficient (Wildman–Crippen LogP) is 6.79. The summed E-state index contributed by atoms with van der Waals surface area (Å²) in [5, 5.41) is 6.24. The number of amides is 1. The molecule has 4 heterocycles. The first-order valence-corrected chi connectivity index (χ1v) is 15.3. The number of halogens is 1. The second-order valence-corrected chi connectivity index (χ2v) is 11.9. The third-order valence-corrected chi connectivity index (χ3v) is 9.64. The highest BCUT2D eigenvalue weighted by atomic mass is 35.5. The number of thiophene rings is 1. The van der Waals surface area contributed by atoms with Crippen LogP contribution in [0.15, 0.2) is 35.7 Å².